The summed E-state index contributed by atoms with van der Waals surface area (Å²) in [5.41, 5.74) is 6.18. The van der Waals surface area contributed by atoms with Crippen LogP contribution in [0, 0.1) is 0 Å². The summed E-state index contributed by atoms with van der Waals surface area (Å²) in [6.07, 6.45) is 3.05. The van der Waals surface area contributed by atoms with Crippen molar-refractivity contribution in [1.82, 2.24) is 9.97 Å². The summed E-state index contributed by atoms with van der Waals surface area (Å²) >= 11 is 0. The van der Waals surface area contributed by atoms with Crippen LogP contribution in [0.1, 0.15) is 25.8 Å². The lowest BCUT2D eigenvalue weighted by atomic mass is 10.1. The fraction of sp³-hybridized carbons (Fsp3) is 0.636. The summed E-state index contributed by atoms with van der Waals surface area (Å²) in [6, 6.07) is 0. The minimum Gasteiger partial charge on any atom is -0.388 e. The van der Waals surface area contributed by atoms with E-state index in [4.69, 9.17) is 5.73 Å². The van der Waals surface area contributed by atoms with E-state index >= 15 is 0 Å². The number of anilines is 2. The van der Waals surface area contributed by atoms with E-state index in [0.717, 1.165) is 30.8 Å². The van der Waals surface area contributed by atoms with Gasteiger partial charge >= 0.3 is 0 Å². The molecule has 88 valence electrons. The number of nitrogen functional groups attached to an aromatic ring is 1. The Balaban J connectivity index is 2.31. The molecule has 1 saturated heterocycles. The van der Waals surface area contributed by atoms with Crippen LogP contribution < -0.4 is 10.6 Å². The number of β-amino-alcohol motifs (C(OH)–C–C–N with tert-alkyl or cyclic N) is 1. The summed E-state index contributed by atoms with van der Waals surface area (Å²) in [6.45, 7) is 5.31. The maximum absolute atomic E-state index is 9.94. The van der Waals surface area contributed by atoms with Gasteiger partial charge in [0.2, 0.25) is 0 Å². The Kier molecular flexibility index (Phi) is 2.71. The topological polar surface area (TPSA) is 75.3 Å². The Morgan fingerprint density at radius 3 is 2.88 bits per heavy atom. The van der Waals surface area contributed by atoms with Crippen molar-refractivity contribution in [3.05, 3.63) is 11.9 Å². The van der Waals surface area contributed by atoms with Gasteiger partial charge in [-0.05, 0) is 19.8 Å². The molecule has 5 nitrogen and oxygen atoms in total. The number of nitrogens with zero attached hydrogens (tertiary/aromatic N) is 3. The Morgan fingerprint density at radius 2 is 2.31 bits per heavy atom. The van der Waals surface area contributed by atoms with E-state index in [1.165, 1.54) is 6.33 Å². The van der Waals surface area contributed by atoms with Gasteiger partial charge in [-0.15, -0.1) is 0 Å². The SMILES string of the molecule is CCc1c(N)ncnc1N1CCC(C)(O)C1. The lowest BCUT2D eigenvalue weighted by Crippen LogP contribution is -2.30. The molecule has 3 N–H and O–H groups in total. The van der Waals surface area contributed by atoms with E-state index in [0.29, 0.717) is 12.4 Å². The van der Waals surface area contributed by atoms with Crippen molar-refractivity contribution in [2.75, 3.05) is 23.7 Å². The van der Waals surface area contributed by atoms with Crippen molar-refractivity contribution in [2.24, 2.45) is 0 Å². The Bertz CT molecular complexity index is 392. The van der Waals surface area contributed by atoms with E-state index in [1.54, 1.807) is 0 Å². The molecule has 0 bridgehead atoms. The molecular formula is C11H18N4O. The van der Waals surface area contributed by atoms with Crippen molar-refractivity contribution < 1.29 is 5.11 Å². The minimum absolute atomic E-state index is 0.541. The average Bonchev–Trinajstić information content (AvgIpc) is 2.58. The van der Waals surface area contributed by atoms with Crippen LogP contribution in [0.2, 0.25) is 0 Å². The lowest BCUT2D eigenvalue weighted by Gasteiger charge is -2.22. The van der Waals surface area contributed by atoms with Gasteiger partial charge in [0, 0.05) is 18.7 Å². The molecule has 0 radical (unpaired) electrons. The zero-order valence-electron chi connectivity index (χ0n) is 9.77. The molecule has 0 aliphatic carbocycles. The lowest BCUT2D eigenvalue weighted by molar-refractivity contribution is 0.0839. The molecule has 16 heavy (non-hydrogen) atoms. The highest BCUT2D eigenvalue weighted by molar-refractivity contribution is 5.57. The molecule has 1 aliphatic heterocycles. The van der Waals surface area contributed by atoms with Gasteiger partial charge < -0.3 is 15.7 Å². The van der Waals surface area contributed by atoms with E-state index in [9.17, 15) is 5.11 Å². The normalized spacial score (nSPS) is 25.1. The molecule has 0 saturated carbocycles. The Hall–Kier alpha value is -1.36. The van der Waals surface area contributed by atoms with Crippen molar-refractivity contribution in [3.8, 4) is 0 Å². The summed E-state index contributed by atoms with van der Waals surface area (Å²) in [4.78, 5) is 10.4. The summed E-state index contributed by atoms with van der Waals surface area (Å²) in [7, 11) is 0. The zero-order valence-corrected chi connectivity index (χ0v) is 9.77. The van der Waals surface area contributed by atoms with Gasteiger partial charge in [-0.3, -0.25) is 0 Å². The second-order valence-electron chi connectivity index (χ2n) is 4.58. The highest BCUT2D eigenvalue weighted by Crippen LogP contribution is 2.29. The monoisotopic (exact) mass is 222 g/mol. The third-order valence-electron chi connectivity index (χ3n) is 3.06. The zero-order chi connectivity index (χ0) is 11.8. The first-order chi connectivity index (χ1) is 7.53. The van der Waals surface area contributed by atoms with Crippen molar-refractivity contribution in [3.63, 3.8) is 0 Å². The Labute approximate surface area is 95.3 Å². The molecule has 1 aromatic rings. The number of nitrogens with two attached hydrogens (primary N) is 1. The van der Waals surface area contributed by atoms with Gasteiger partial charge in [0.25, 0.3) is 0 Å². The van der Waals surface area contributed by atoms with Gasteiger partial charge in [-0.1, -0.05) is 6.92 Å². The van der Waals surface area contributed by atoms with Crippen molar-refractivity contribution >= 4 is 11.6 Å². The number of aliphatic hydroxyl groups is 1. The predicted octanol–water partition coefficient (Wildman–Crippen LogP) is 0.582. The molecule has 0 spiro atoms. The standard InChI is InChI=1S/C11H18N4O/c1-3-8-9(12)13-7-14-10(8)15-5-4-11(2,16)6-15/h7,16H,3-6H2,1-2H3,(H2,12,13,14). The molecular weight excluding hydrogens is 204 g/mol. The molecule has 1 atom stereocenters. The van der Waals surface area contributed by atoms with E-state index in [1.807, 2.05) is 13.8 Å². The maximum atomic E-state index is 9.94. The first kappa shape index (κ1) is 11.1. The molecule has 2 heterocycles. The van der Waals surface area contributed by atoms with E-state index in [2.05, 4.69) is 14.9 Å². The van der Waals surface area contributed by atoms with Crippen LogP contribution in [0.15, 0.2) is 6.33 Å². The van der Waals surface area contributed by atoms with Gasteiger partial charge in [-0.2, -0.15) is 0 Å². The largest absolute Gasteiger partial charge is 0.388 e. The van der Waals surface area contributed by atoms with Crippen LogP contribution in [0.3, 0.4) is 0 Å². The summed E-state index contributed by atoms with van der Waals surface area (Å²) in [5, 5.41) is 9.94. The number of aromatic nitrogens is 2. The molecule has 5 heteroatoms. The second kappa shape index (κ2) is 3.90. The average molecular weight is 222 g/mol. The van der Waals surface area contributed by atoms with Crippen LogP contribution >= 0.6 is 0 Å². The predicted molar refractivity (Wildman–Crippen MR) is 63.3 cm³/mol. The number of hydrogen-bond acceptors (Lipinski definition) is 5. The van der Waals surface area contributed by atoms with Crippen LogP contribution in [0.4, 0.5) is 11.6 Å². The molecule has 1 fully saturated rings. The molecule has 1 unspecified atom stereocenters. The van der Waals surface area contributed by atoms with Crippen LogP contribution in [-0.2, 0) is 6.42 Å². The van der Waals surface area contributed by atoms with E-state index in [-0.39, 0.29) is 0 Å². The number of hydrogen-bond donors (Lipinski definition) is 2. The highest BCUT2D eigenvalue weighted by Gasteiger charge is 2.33. The van der Waals surface area contributed by atoms with Crippen LogP contribution in [0.25, 0.3) is 0 Å². The van der Waals surface area contributed by atoms with Gasteiger partial charge in [0.1, 0.15) is 18.0 Å². The molecule has 2 rings (SSSR count). The van der Waals surface area contributed by atoms with Crippen LogP contribution in [0.5, 0.6) is 0 Å². The fourth-order valence-electron chi connectivity index (χ4n) is 2.15. The second-order valence-corrected chi connectivity index (χ2v) is 4.58. The quantitative estimate of drug-likeness (QED) is 0.765. The molecule has 1 aliphatic rings. The maximum Gasteiger partial charge on any atom is 0.137 e. The van der Waals surface area contributed by atoms with Crippen molar-refractivity contribution in [2.45, 2.75) is 32.3 Å². The van der Waals surface area contributed by atoms with Gasteiger partial charge in [-0.25, -0.2) is 9.97 Å². The van der Waals surface area contributed by atoms with Gasteiger partial charge in [0.15, 0.2) is 0 Å². The van der Waals surface area contributed by atoms with Crippen LogP contribution in [-0.4, -0.2) is 33.8 Å². The first-order valence-corrected chi connectivity index (χ1v) is 5.60. The first-order valence-electron chi connectivity index (χ1n) is 5.60. The van der Waals surface area contributed by atoms with E-state index < -0.39 is 5.60 Å². The summed E-state index contributed by atoms with van der Waals surface area (Å²) < 4.78 is 0. The minimum atomic E-state index is -0.620. The van der Waals surface area contributed by atoms with Gasteiger partial charge in [0.05, 0.1) is 5.60 Å². The third-order valence-corrected chi connectivity index (χ3v) is 3.06. The highest BCUT2D eigenvalue weighted by atomic mass is 16.3. The smallest absolute Gasteiger partial charge is 0.137 e. The fourth-order valence-corrected chi connectivity index (χ4v) is 2.15. The number of rotatable bonds is 2. The third kappa shape index (κ3) is 1.95. The molecule has 1 aromatic heterocycles. The Morgan fingerprint density at radius 1 is 1.56 bits per heavy atom. The molecule has 0 aromatic carbocycles. The summed E-state index contributed by atoms with van der Waals surface area (Å²) in [5.74, 6) is 1.41. The van der Waals surface area contributed by atoms with Crippen molar-refractivity contribution in [1.29, 1.82) is 0 Å². The molecule has 0 amide bonds.